The predicted molar refractivity (Wildman–Crippen MR) is 106 cm³/mol. The number of amides is 2. The third-order valence-corrected chi connectivity index (χ3v) is 4.12. The number of methoxy groups -OCH3 is 1. The molecule has 0 saturated heterocycles. The number of benzene rings is 2. The van der Waals surface area contributed by atoms with Gasteiger partial charge in [-0.3, -0.25) is 9.59 Å². The van der Waals surface area contributed by atoms with Crippen molar-refractivity contribution in [1.29, 1.82) is 0 Å². The maximum absolute atomic E-state index is 12.4. The number of ether oxygens (including phenoxy) is 3. The van der Waals surface area contributed by atoms with Crippen LogP contribution in [0.5, 0.6) is 17.2 Å². The zero-order valence-electron chi connectivity index (χ0n) is 17.0. The van der Waals surface area contributed by atoms with E-state index in [-0.39, 0.29) is 30.5 Å². The zero-order chi connectivity index (χ0) is 22.1. The van der Waals surface area contributed by atoms with Gasteiger partial charge in [0, 0.05) is 13.6 Å². The van der Waals surface area contributed by atoms with E-state index in [1.807, 2.05) is 6.92 Å². The molecule has 7 nitrogen and oxygen atoms in total. The Kier molecular flexibility index (Phi) is 8.40. The summed E-state index contributed by atoms with van der Waals surface area (Å²) in [6.45, 7) is -0.759. The second-order valence-corrected chi connectivity index (χ2v) is 6.23. The Labute approximate surface area is 173 Å². The summed E-state index contributed by atoms with van der Waals surface area (Å²) in [7, 11) is 2.90. The van der Waals surface area contributed by atoms with Crippen molar-refractivity contribution in [2.75, 3.05) is 27.3 Å². The molecule has 0 spiro atoms. The van der Waals surface area contributed by atoms with Crippen molar-refractivity contribution < 1.29 is 32.6 Å². The average Bonchev–Trinajstić information content (AvgIpc) is 2.73. The van der Waals surface area contributed by atoms with Crippen LogP contribution in [0.3, 0.4) is 0 Å². The Hall–Kier alpha value is -3.36. The predicted octanol–water partition coefficient (Wildman–Crippen LogP) is 3.08. The average molecular weight is 422 g/mol. The van der Waals surface area contributed by atoms with Crippen molar-refractivity contribution in [3.8, 4) is 17.2 Å². The first-order chi connectivity index (χ1) is 14.3. The van der Waals surface area contributed by atoms with Crippen molar-refractivity contribution in [3.63, 3.8) is 0 Å². The summed E-state index contributed by atoms with van der Waals surface area (Å²) in [6, 6.07) is 11.2. The minimum atomic E-state index is -2.97. The van der Waals surface area contributed by atoms with E-state index in [0.717, 1.165) is 0 Å². The highest BCUT2D eigenvalue weighted by molar-refractivity contribution is 5.98. The van der Waals surface area contributed by atoms with E-state index in [9.17, 15) is 18.4 Å². The number of hydrogen-bond donors (Lipinski definition) is 1. The maximum Gasteiger partial charge on any atom is 0.387 e. The minimum absolute atomic E-state index is 0.0922. The van der Waals surface area contributed by atoms with Crippen LogP contribution in [0, 0.1) is 0 Å². The molecule has 2 aromatic rings. The van der Waals surface area contributed by atoms with Crippen LogP contribution in [-0.4, -0.2) is 50.6 Å². The molecule has 0 radical (unpaired) electrons. The molecule has 0 bridgehead atoms. The van der Waals surface area contributed by atoms with Crippen LogP contribution in [0.4, 0.5) is 8.78 Å². The minimum Gasteiger partial charge on any atom is -0.493 e. The van der Waals surface area contributed by atoms with Crippen LogP contribution in [0.25, 0.3) is 0 Å². The summed E-state index contributed by atoms with van der Waals surface area (Å²) < 4.78 is 39.7. The van der Waals surface area contributed by atoms with Crippen molar-refractivity contribution in [3.05, 3.63) is 53.6 Å². The van der Waals surface area contributed by atoms with Gasteiger partial charge in [0.1, 0.15) is 5.75 Å². The number of hydrogen-bond acceptors (Lipinski definition) is 5. The summed E-state index contributed by atoms with van der Waals surface area (Å²) in [6.07, 6.45) is 0. The maximum atomic E-state index is 12.4. The number of para-hydroxylation sites is 1. The molecule has 9 heteroatoms. The topological polar surface area (TPSA) is 77.1 Å². The molecule has 0 atom stereocenters. The number of nitrogens with zero attached hydrogens (tertiary/aromatic N) is 1. The Morgan fingerprint density at radius 1 is 1.10 bits per heavy atom. The number of alkyl halides is 2. The molecule has 162 valence electrons. The molecule has 0 aromatic heterocycles. The van der Waals surface area contributed by atoms with Crippen LogP contribution in [0.1, 0.15) is 22.8 Å². The van der Waals surface area contributed by atoms with Crippen LogP contribution in [0.15, 0.2) is 42.5 Å². The molecular weight excluding hydrogens is 398 g/mol. The molecule has 0 aliphatic carbocycles. The third-order valence-electron chi connectivity index (χ3n) is 4.12. The molecule has 1 N–H and O–H groups in total. The number of rotatable bonds is 10. The highest BCUT2D eigenvalue weighted by Gasteiger charge is 2.16. The van der Waals surface area contributed by atoms with Crippen molar-refractivity contribution in [1.82, 2.24) is 10.2 Å². The second-order valence-electron chi connectivity index (χ2n) is 6.23. The van der Waals surface area contributed by atoms with Crippen LogP contribution in [0.2, 0.25) is 0 Å². The third kappa shape index (κ3) is 6.33. The van der Waals surface area contributed by atoms with E-state index in [2.05, 4.69) is 10.1 Å². The normalized spacial score (nSPS) is 10.5. The fourth-order valence-corrected chi connectivity index (χ4v) is 2.69. The van der Waals surface area contributed by atoms with Gasteiger partial charge in [0.2, 0.25) is 5.91 Å². The lowest BCUT2D eigenvalue weighted by Gasteiger charge is -2.19. The Morgan fingerprint density at radius 3 is 2.50 bits per heavy atom. The van der Waals surface area contributed by atoms with Gasteiger partial charge in [0.15, 0.2) is 11.5 Å². The molecule has 2 aromatic carbocycles. The van der Waals surface area contributed by atoms with Crippen molar-refractivity contribution in [2.24, 2.45) is 0 Å². The van der Waals surface area contributed by atoms with Gasteiger partial charge in [-0.05, 0) is 36.8 Å². The first-order valence-electron chi connectivity index (χ1n) is 9.21. The Morgan fingerprint density at radius 2 is 1.83 bits per heavy atom. The van der Waals surface area contributed by atoms with Gasteiger partial charge in [0.25, 0.3) is 5.91 Å². The quantitative estimate of drug-likeness (QED) is 0.637. The molecule has 0 unspecified atom stereocenters. The first kappa shape index (κ1) is 22.9. The second kappa shape index (κ2) is 11.0. The van der Waals surface area contributed by atoms with Crippen LogP contribution in [-0.2, 0) is 11.3 Å². The van der Waals surface area contributed by atoms with Gasteiger partial charge in [-0.1, -0.05) is 18.2 Å². The van der Waals surface area contributed by atoms with Crippen LogP contribution < -0.4 is 19.5 Å². The van der Waals surface area contributed by atoms with E-state index in [1.165, 1.54) is 24.1 Å². The smallest absolute Gasteiger partial charge is 0.387 e. The lowest BCUT2D eigenvalue weighted by molar-refractivity contribution is -0.129. The highest BCUT2D eigenvalue weighted by Crippen LogP contribution is 2.29. The molecule has 0 saturated carbocycles. The van der Waals surface area contributed by atoms with E-state index in [4.69, 9.17) is 9.47 Å². The highest BCUT2D eigenvalue weighted by atomic mass is 19.3. The number of carbonyl (C=O) groups excluding carboxylic acids is 2. The summed E-state index contributed by atoms with van der Waals surface area (Å²) in [5.74, 6) is -0.267. The molecule has 2 rings (SSSR count). The Bertz CT molecular complexity index is 876. The van der Waals surface area contributed by atoms with Gasteiger partial charge < -0.3 is 24.4 Å². The first-order valence-corrected chi connectivity index (χ1v) is 9.21. The standard InChI is InChI=1S/C21H24F2N2O5/c1-4-29-16-8-6-5-7-15(16)20(27)24-12-19(26)25(2)13-14-9-10-17(30-21(22)23)18(11-14)28-3/h5-11,21H,4,12-13H2,1-3H3,(H,24,27). The van der Waals surface area contributed by atoms with E-state index < -0.39 is 12.5 Å². The van der Waals surface area contributed by atoms with Gasteiger partial charge in [0.05, 0.1) is 25.8 Å². The van der Waals surface area contributed by atoms with Crippen LogP contribution >= 0.6 is 0 Å². The fraction of sp³-hybridized carbons (Fsp3) is 0.333. The Balaban J connectivity index is 1.96. The summed E-state index contributed by atoms with van der Waals surface area (Å²) in [5.41, 5.74) is 0.992. The summed E-state index contributed by atoms with van der Waals surface area (Å²) >= 11 is 0. The molecule has 0 aliphatic heterocycles. The van der Waals surface area contributed by atoms with E-state index in [0.29, 0.717) is 23.5 Å². The number of nitrogens with one attached hydrogen (secondary N) is 1. The summed E-state index contributed by atoms with van der Waals surface area (Å²) in [5, 5.41) is 2.58. The number of carbonyl (C=O) groups is 2. The molecular formula is C21H24F2N2O5. The van der Waals surface area contributed by atoms with Gasteiger partial charge >= 0.3 is 6.61 Å². The molecule has 30 heavy (non-hydrogen) atoms. The molecule has 0 aliphatic rings. The molecule has 0 fully saturated rings. The van der Waals surface area contributed by atoms with Crippen molar-refractivity contribution in [2.45, 2.75) is 20.1 Å². The van der Waals surface area contributed by atoms with Gasteiger partial charge in [-0.15, -0.1) is 0 Å². The lowest BCUT2D eigenvalue weighted by atomic mass is 10.2. The fourth-order valence-electron chi connectivity index (χ4n) is 2.69. The number of likely N-dealkylation sites (N-methyl/N-ethyl adjacent to an activating group) is 1. The van der Waals surface area contributed by atoms with Gasteiger partial charge in [-0.2, -0.15) is 8.78 Å². The van der Waals surface area contributed by atoms with E-state index in [1.54, 1.807) is 37.4 Å². The van der Waals surface area contributed by atoms with E-state index >= 15 is 0 Å². The lowest BCUT2D eigenvalue weighted by Crippen LogP contribution is -2.37. The number of halogens is 2. The zero-order valence-corrected chi connectivity index (χ0v) is 17.0. The SMILES string of the molecule is CCOc1ccccc1C(=O)NCC(=O)N(C)Cc1ccc(OC(F)F)c(OC)c1. The van der Waals surface area contributed by atoms with Crippen molar-refractivity contribution >= 4 is 11.8 Å². The summed E-state index contributed by atoms with van der Waals surface area (Å²) in [4.78, 5) is 26.2. The molecule has 0 heterocycles. The molecule has 2 amide bonds. The monoisotopic (exact) mass is 422 g/mol. The largest absolute Gasteiger partial charge is 0.493 e. The van der Waals surface area contributed by atoms with Gasteiger partial charge in [-0.25, -0.2) is 0 Å².